The molecule has 1 aliphatic rings. The van der Waals surface area contributed by atoms with Gasteiger partial charge in [-0.3, -0.25) is 4.79 Å². The van der Waals surface area contributed by atoms with Crippen molar-refractivity contribution in [2.24, 2.45) is 0 Å². The number of halogens is 2. The van der Waals surface area contributed by atoms with Crippen LogP contribution in [-0.2, 0) is 6.42 Å². The number of carbonyl (C=O) groups excluding carboxylic acids is 1. The van der Waals surface area contributed by atoms with Gasteiger partial charge in [0.25, 0.3) is 5.91 Å². The molecule has 0 spiro atoms. The Morgan fingerprint density at radius 2 is 2.17 bits per heavy atom. The van der Waals surface area contributed by atoms with E-state index >= 15 is 0 Å². The van der Waals surface area contributed by atoms with E-state index in [4.69, 9.17) is 0 Å². The van der Waals surface area contributed by atoms with Crippen molar-refractivity contribution < 1.29 is 23.4 Å². The summed E-state index contributed by atoms with van der Waals surface area (Å²) in [5, 5.41) is 12.9. The van der Waals surface area contributed by atoms with E-state index in [1.54, 1.807) is 6.92 Å². The number of nitrogens with one attached hydrogen (secondary N) is 1. The number of aliphatic hydroxyl groups is 1. The molecule has 2 atom stereocenters. The van der Waals surface area contributed by atoms with Gasteiger partial charge in [0.05, 0.1) is 12.1 Å². The van der Waals surface area contributed by atoms with Crippen LogP contribution in [0.15, 0.2) is 30.3 Å². The topological polar surface area (TPSA) is 58.6 Å². The van der Waals surface area contributed by atoms with E-state index in [-0.39, 0.29) is 10.6 Å². The fourth-order valence-electron chi connectivity index (χ4n) is 2.79. The number of alkyl halides is 2. The standard InChI is InChI=1S/C16H15F2NO3S/c1-8-6-12(22-16(17)18)14(23-8)15(21)19-13-10-5-3-2-4-9(10)7-11(13)20/h2-6,11,13,16,20H,7H2,1H3,(H,19,21)/t11-,13+/m0/s1. The Hall–Kier alpha value is -1.99. The van der Waals surface area contributed by atoms with Crippen molar-refractivity contribution in [1.29, 1.82) is 0 Å². The monoisotopic (exact) mass is 339 g/mol. The number of ether oxygens (including phenoxy) is 1. The zero-order valence-electron chi connectivity index (χ0n) is 12.3. The van der Waals surface area contributed by atoms with E-state index < -0.39 is 24.7 Å². The molecule has 4 nitrogen and oxygen atoms in total. The lowest BCUT2D eigenvalue weighted by Gasteiger charge is -2.18. The molecular weight excluding hydrogens is 324 g/mol. The molecule has 0 saturated carbocycles. The molecule has 0 saturated heterocycles. The summed E-state index contributed by atoms with van der Waals surface area (Å²) >= 11 is 1.08. The van der Waals surface area contributed by atoms with E-state index in [0.29, 0.717) is 11.3 Å². The van der Waals surface area contributed by atoms with Crippen molar-refractivity contribution in [1.82, 2.24) is 5.32 Å². The molecule has 1 aromatic carbocycles. The van der Waals surface area contributed by atoms with Crippen LogP contribution in [0.4, 0.5) is 8.78 Å². The average Bonchev–Trinajstić information content (AvgIpc) is 2.99. The Labute approximate surface area is 135 Å². The molecule has 0 unspecified atom stereocenters. The third-order valence-corrected chi connectivity index (χ3v) is 4.76. The van der Waals surface area contributed by atoms with E-state index in [1.807, 2.05) is 24.3 Å². The maximum atomic E-state index is 12.4. The summed E-state index contributed by atoms with van der Waals surface area (Å²) in [6.45, 7) is -1.28. The third-order valence-electron chi connectivity index (χ3n) is 3.73. The van der Waals surface area contributed by atoms with Crippen molar-refractivity contribution in [2.75, 3.05) is 0 Å². The third kappa shape index (κ3) is 3.20. The first-order valence-corrected chi connectivity index (χ1v) is 7.89. The maximum absolute atomic E-state index is 12.4. The second-order valence-corrected chi connectivity index (χ2v) is 6.61. The minimum atomic E-state index is -2.99. The Morgan fingerprint density at radius 3 is 2.91 bits per heavy atom. The van der Waals surface area contributed by atoms with Crippen molar-refractivity contribution in [2.45, 2.75) is 32.1 Å². The fraction of sp³-hybridized carbons (Fsp3) is 0.312. The summed E-state index contributed by atoms with van der Waals surface area (Å²) in [5.74, 6) is -0.666. The summed E-state index contributed by atoms with van der Waals surface area (Å²) in [5.41, 5.74) is 1.81. The van der Waals surface area contributed by atoms with Gasteiger partial charge in [0, 0.05) is 11.3 Å². The summed E-state index contributed by atoms with van der Waals surface area (Å²) in [4.78, 5) is 13.2. The number of hydrogen-bond acceptors (Lipinski definition) is 4. The van der Waals surface area contributed by atoms with Gasteiger partial charge in [0.2, 0.25) is 0 Å². The Balaban J connectivity index is 1.83. The zero-order valence-corrected chi connectivity index (χ0v) is 13.1. The molecule has 1 amide bonds. The minimum Gasteiger partial charge on any atom is -0.433 e. The van der Waals surface area contributed by atoms with Gasteiger partial charge < -0.3 is 15.2 Å². The van der Waals surface area contributed by atoms with Crippen LogP contribution in [0, 0.1) is 6.92 Å². The predicted molar refractivity (Wildman–Crippen MR) is 82.0 cm³/mol. The molecule has 0 fully saturated rings. The molecule has 3 rings (SSSR count). The fourth-order valence-corrected chi connectivity index (χ4v) is 3.63. The maximum Gasteiger partial charge on any atom is 0.387 e. The molecule has 1 heterocycles. The Morgan fingerprint density at radius 1 is 1.43 bits per heavy atom. The summed E-state index contributed by atoms with van der Waals surface area (Å²) in [7, 11) is 0. The van der Waals surface area contributed by atoms with Gasteiger partial charge in [-0.05, 0) is 24.1 Å². The summed E-state index contributed by atoms with van der Waals surface area (Å²) in [6.07, 6.45) is -0.290. The van der Waals surface area contributed by atoms with Crippen LogP contribution in [0.3, 0.4) is 0 Å². The first-order chi connectivity index (χ1) is 11.0. The number of hydrogen-bond donors (Lipinski definition) is 2. The lowest BCUT2D eigenvalue weighted by atomic mass is 10.1. The van der Waals surface area contributed by atoms with Crippen molar-refractivity contribution >= 4 is 17.2 Å². The highest BCUT2D eigenvalue weighted by Gasteiger charge is 2.33. The smallest absolute Gasteiger partial charge is 0.387 e. The zero-order chi connectivity index (χ0) is 16.6. The first-order valence-electron chi connectivity index (χ1n) is 7.07. The Bertz CT molecular complexity index is 732. The second-order valence-electron chi connectivity index (χ2n) is 5.35. The van der Waals surface area contributed by atoms with Gasteiger partial charge in [0.1, 0.15) is 10.6 Å². The van der Waals surface area contributed by atoms with Crippen LogP contribution in [0.2, 0.25) is 0 Å². The van der Waals surface area contributed by atoms with E-state index in [1.165, 1.54) is 6.07 Å². The first kappa shape index (κ1) is 15.9. The number of aliphatic hydroxyl groups excluding tert-OH is 1. The minimum absolute atomic E-state index is 0.0828. The highest BCUT2D eigenvalue weighted by molar-refractivity contribution is 7.14. The molecule has 7 heteroatoms. The molecule has 0 radical (unpaired) electrons. The highest BCUT2D eigenvalue weighted by atomic mass is 32.1. The predicted octanol–water partition coefficient (Wildman–Crippen LogP) is 3.05. The number of benzene rings is 1. The van der Waals surface area contributed by atoms with Gasteiger partial charge in [0.15, 0.2) is 0 Å². The van der Waals surface area contributed by atoms with E-state index in [2.05, 4.69) is 10.1 Å². The number of rotatable bonds is 4. The SMILES string of the molecule is Cc1cc(OC(F)F)c(C(=O)N[C@@H]2c3ccccc3C[C@@H]2O)s1. The van der Waals surface area contributed by atoms with Crippen LogP contribution < -0.4 is 10.1 Å². The van der Waals surface area contributed by atoms with Crippen LogP contribution in [0.1, 0.15) is 31.7 Å². The lowest BCUT2D eigenvalue weighted by Crippen LogP contribution is -2.33. The van der Waals surface area contributed by atoms with Gasteiger partial charge in [-0.1, -0.05) is 24.3 Å². The van der Waals surface area contributed by atoms with Gasteiger partial charge in [-0.25, -0.2) is 0 Å². The largest absolute Gasteiger partial charge is 0.433 e. The van der Waals surface area contributed by atoms with Gasteiger partial charge in [-0.15, -0.1) is 11.3 Å². The molecule has 1 aliphatic carbocycles. The van der Waals surface area contributed by atoms with Crippen molar-refractivity contribution in [3.8, 4) is 5.75 Å². The average molecular weight is 339 g/mol. The number of amides is 1. The van der Waals surface area contributed by atoms with Crippen molar-refractivity contribution in [3.63, 3.8) is 0 Å². The van der Waals surface area contributed by atoms with E-state index in [0.717, 1.165) is 22.5 Å². The summed E-state index contributed by atoms with van der Waals surface area (Å²) < 4.78 is 29.3. The van der Waals surface area contributed by atoms with Crippen molar-refractivity contribution in [3.05, 3.63) is 51.2 Å². The molecule has 2 N–H and O–H groups in total. The Kier molecular flexibility index (Phi) is 4.32. The quantitative estimate of drug-likeness (QED) is 0.900. The van der Waals surface area contributed by atoms with Gasteiger partial charge in [-0.2, -0.15) is 8.78 Å². The normalized spacial score (nSPS) is 19.7. The van der Waals surface area contributed by atoms with Crippen LogP contribution in [0.5, 0.6) is 5.75 Å². The van der Waals surface area contributed by atoms with E-state index in [9.17, 15) is 18.7 Å². The molecule has 2 aromatic rings. The summed E-state index contributed by atoms with van der Waals surface area (Å²) in [6, 6.07) is 8.28. The molecule has 0 bridgehead atoms. The number of fused-ring (bicyclic) bond motifs is 1. The van der Waals surface area contributed by atoms with Crippen LogP contribution in [-0.4, -0.2) is 23.7 Å². The number of carbonyl (C=O) groups is 1. The highest BCUT2D eigenvalue weighted by Crippen LogP contribution is 2.34. The number of aryl methyl sites for hydroxylation is 1. The lowest BCUT2D eigenvalue weighted by molar-refractivity contribution is -0.0498. The molecule has 122 valence electrons. The second kappa shape index (κ2) is 6.25. The van der Waals surface area contributed by atoms with Gasteiger partial charge >= 0.3 is 6.61 Å². The molecule has 0 aliphatic heterocycles. The molecule has 1 aromatic heterocycles. The van der Waals surface area contributed by atoms with Crippen LogP contribution >= 0.6 is 11.3 Å². The molecule has 23 heavy (non-hydrogen) atoms. The van der Waals surface area contributed by atoms with Crippen LogP contribution in [0.25, 0.3) is 0 Å². The molecular formula is C16H15F2NO3S. The number of thiophene rings is 1.